The molecule has 0 bridgehead atoms. The smallest absolute Gasteiger partial charge is 0.332 e. The van der Waals surface area contributed by atoms with Crippen LogP contribution < -0.4 is 0 Å². The van der Waals surface area contributed by atoms with Gasteiger partial charge in [0, 0.05) is 12.5 Å². The molecule has 0 unspecified atom stereocenters. The molecule has 1 aliphatic heterocycles. The van der Waals surface area contributed by atoms with Crippen molar-refractivity contribution in [3.8, 4) is 0 Å². The quantitative estimate of drug-likeness (QED) is 0.445. The van der Waals surface area contributed by atoms with Crippen molar-refractivity contribution in [3.63, 3.8) is 0 Å². The van der Waals surface area contributed by atoms with Crippen LogP contribution in [0.25, 0.3) is 0 Å². The van der Waals surface area contributed by atoms with E-state index in [1.807, 2.05) is 0 Å². The van der Waals surface area contributed by atoms with Crippen LogP contribution in [0.15, 0.2) is 12.7 Å². The van der Waals surface area contributed by atoms with E-state index in [4.69, 9.17) is 9.47 Å². The van der Waals surface area contributed by atoms with Gasteiger partial charge in [-0.2, -0.15) is 0 Å². The largest absolute Gasteiger partial charge is 0.433 e. The first-order valence-corrected chi connectivity index (χ1v) is 3.77. The van der Waals surface area contributed by atoms with E-state index >= 15 is 0 Å². The van der Waals surface area contributed by atoms with Gasteiger partial charge in [0.1, 0.15) is 0 Å². The number of hydrogen-bond acceptors (Lipinski definition) is 3. The minimum absolute atomic E-state index is 0.339. The van der Waals surface area contributed by atoms with Crippen molar-refractivity contribution in [1.29, 1.82) is 0 Å². The molecule has 1 rings (SSSR count). The van der Waals surface area contributed by atoms with E-state index in [1.165, 1.54) is 0 Å². The highest BCUT2D eigenvalue weighted by Gasteiger charge is 2.16. The summed E-state index contributed by atoms with van der Waals surface area (Å²) >= 11 is 0. The fraction of sp³-hybridized carbons (Fsp3) is 0.625. The Labute approximate surface area is 66.0 Å². The standard InChI is InChI=1S/C8H12O3/c1-2-7(9)11-8-5-3-4-6-10-8/h2,8H,1,3-6H2/t8-/m1/s1. The maximum absolute atomic E-state index is 10.7. The van der Waals surface area contributed by atoms with Gasteiger partial charge in [0.05, 0.1) is 6.61 Å². The van der Waals surface area contributed by atoms with Crippen LogP contribution in [0.4, 0.5) is 0 Å². The maximum atomic E-state index is 10.7. The number of rotatable bonds is 2. The van der Waals surface area contributed by atoms with Gasteiger partial charge < -0.3 is 9.47 Å². The zero-order chi connectivity index (χ0) is 8.10. The van der Waals surface area contributed by atoms with Gasteiger partial charge in [-0.1, -0.05) is 6.58 Å². The van der Waals surface area contributed by atoms with E-state index in [9.17, 15) is 4.79 Å². The molecule has 0 amide bonds. The van der Waals surface area contributed by atoms with E-state index in [1.54, 1.807) is 0 Å². The number of ether oxygens (including phenoxy) is 2. The summed E-state index contributed by atoms with van der Waals surface area (Å²) in [6, 6.07) is 0. The first kappa shape index (κ1) is 8.27. The van der Waals surface area contributed by atoms with Gasteiger partial charge >= 0.3 is 5.97 Å². The molecule has 0 aliphatic carbocycles. The summed E-state index contributed by atoms with van der Waals surface area (Å²) in [4.78, 5) is 10.7. The summed E-state index contributed by atoms with van der Waals surface area (Å²) in [5.41, 5.74) is 0. The number of carbonyl (C=O) groups is 1. The van der Waals surface area contributed by atoms with Gasteiger partial charge in [-0.25, -0.2) is 4.79 Å². The summed E-state index contributed by atoms with van der Waals surface area (Å²) in [6.45, 7) is 3.99. The Morgan fingerprint density at radius 2 is 2.45 bits per heavy atom. The lowest BCUT2D eigenvalue weighted by Crippen LogP contribution is -2.24. The molecule has 1 fully saturated rings. The van der Waals surface area contributed by atoms with Crippen LogP contribution in [0.3, 0.4) is 0 Å². The second-order valence-electron chi connectivity index (χ2n) is 2.44. The zero-order valence-electron chi connectivity index (χ0n) is 6.41. The first-order valence-electron chi connectivity index (χ1n) is 3.77. The highest BCUT2D eigenvalue weighted by Crippen LogP contribution is 2.13. The second kappa shape index (κ2) is 4.13. The summed E-state index contributed by atoms with van der Waals surface area (Å²) in [5, 5.41) is 0. The predicted molar refractivity (Wildman–Crippen MR) is 39.9 cm³/mol. The van der Waals surface area contributed by atoms with E-state index < -0.39 is 5.97 Å². The molecule has 11 heavy (non-hydrogen) atoms. The monoisotopic (exact) mass is 156 g/mol. The SMILES string of the molecule is C=CC(=O)O[C@@H]1CCCCO1. The summed E-state index contributed by atoms with van der Waals surface area (Å²) in [7, 11) is 0. The third-order valence-corrected chi connectivity index (χ3v) is 1.55. The number of carbonyl (C=O) groups excluding carboxylic acids is 1. The Hall–Kier alpha value is -0.830. The van der Waals surface area contributed by atoms with E-state index in [2.05, 4.69) is 6.58 Å². The Bertz CT molecular complexity index is 147. The fourth-order valence-corrected chi connectivity index (χ4v) is 0.982. The number of hydrogen-bond donors (Lipinski definition) is 0. The molecule has 3 nitrogen and oxygen atoms in total. The lowest BCUT2D eigenvalue weighted by Gasteiger charge is -2.21. The van der Waals surface area contributed by atoms with E-state index in [-0.39, 0.29) is 6.29 Å². The Morgan fingerprint density at radius 3 is 3.00 bits per heavy atom. The molecule has 0 aromatic rings. The molecule has 1 atom stereocenters. The van der Waals surface area contributed by atoms with Gasteiger partial charge in [-0.3, -0.25) is 0 Å². The molecule has 1 saturated heterocycles. The molecule has 62 valence electrons. The molecular weight excluding hydrogens is 144 g/mol. The lowest BCUT2D eigenvalue weighted by atomic mass is 10.2. The lowest BCUT2D eigenvalue weighted by molar-refractivity contribution is -0.181. The summed E-state index contributed by atoms with van der Waals surface area (Å²) in [5.74, 6) is -0.406. The second-order valence-corrected chi connectivity index (χ2v) is 2.44. The molecule has 0 aromatic carbocycles. The molecule has 0 saturated carbocycles. The first-order chi connectivity index (χ1) is 5.33. The van der Waals surface area contributed by atoms with Crippen molar-refractivity contribution in [2.24, 2.45) is 0 Å². The van der Waals surface area contributed by atoms with E-state index in [0.717, 1.165) is 25.3 Å². The third kappa shape index (κ3) is 2.72. The Balaban J connectivity index is 2.24. The van der Waals surface area contributed by atoms with Crippen molar-refractivity contribution in [2.45, 2.75) is 25.6 Å². The minimum atomic E-state index is -0.406. The van der Waals surface area contributed by atoms with Crippen molar-refractivity contribution < 1.29 is 14.3 Å². The summed E-state index contributed by atoms with van der Waals surface area (Å²) in [6.07, 6.45) is 3.74. The fourth-order valence-electron chi connectivity index (χ4n) is 0.982. The highest BCUT2D eigenvalue weighted by atomic mass is 16.7. The molecule has 0 spiro atoms. The average molecular weight is 156 g/mol. The van der Waals surface area contributed by atoms with Crippen molar-refractivity contribution in [2.75, 3.05) is 6.61 Å². The van der Waals surface area contributed by atoms with Crippen molar-refractivity contribution in [3.05, 3.63) is 12.7 Å². The van der Waals surface area contributed by atoms with Crippen LogP contribution in [0.2, 0.25) is 0 Å². The highest BCUT2D eigenvalue weighted by molar-refractivity contribution is 5.81. The van der Waals surface area contributed by atoms with Crippen LogP contribution in [0, 0.1) is 0 Å². The topological polar surface area (TPSA) is 35.5 Å². The molecule has 0 N–H and O–H groups in total. The minimum Gasteiger partial charge on any atom is -0.433 e. The van der Waals surface area contributed by atoms with Gasteiger partial charge in [0.25, 0.3) is 0 Å². The molecule has 1 heterocycles. The normalized spacial score (nSPS) is 24.2. The van der Waals surface area contributed by atoms with Gasteiger partial charge in [0.15, 0.2) is 0 Å². The average Bonchev–Trinajstić information content (AvgIpc) is 2.06. The number of esters is 1. The van der Waals surface area contributed by atoms with Gasteiger partial charge in [-0.15, -0.1) is 0 Å². The molecule has 3 heteroatoms. The predicted octanol–water partition coefficient (Wildman–Crippen LogP) is 1.24. The van der Waals surface area contributed by atoms with Crippen LogP contribution in [0.5, 0.6) is 0 Å². The van der Waals surface area contributed by atoms with Crippen LogP contribution in [0.1, 0.15) is 19.3 Å². The van der Waals surface area contributed by atoms with Gasteiger partial charge in [0.2, 0.25) is 6.29 Å². The van der Waals surface area contributed by atoms with Crippen LogP contribution in [-0.4, -0.2) is 18.9 Å². The van der Waals surface area contributed by atoms with Gasteiger partial charge in [-0.05, 0) is 12.8 Å². The van der Waals surface area contributed by atoms with E-state index in [0.29, 0.717) is 6.61 Å². The molecule has 0 radical (unpaired) electrons. The summed E-state index contributed by atoms with van der Waals surface area (Å²) < 4.78 is 10.0. The molecule has 0 aromatic heterocycles. The maximum Gasteiger partial charge on any atom is 0.332 e. The van der Waals surface area contributed by atoms with Crippen molar-refractivity contribution >= 4 is 5.97 Å². The molecule has 1 aliphatic rings. The zero-order valence-corrected chi connectivity index (χ0v) is 6.41. The van der Waals surface area contributed by atoms with Crippen LogP contribution >= 0.6 is 0 Å². The van der Waals surface area contributed by atoms with Crippen LogP contribution in [-0.2, 0) is 14.3 Å². The van der Waals surface area contributed by atoms with Crippen molar-refractivity contribution in [1.82, 2.24) is 0 Å². The third-order valence-electron chi connectivity index (χ3n) is 1.55. The molecular formula is C8H12O3. The Morgan fingerprint density at radius 1 is 1.64 bits per heavy atom. The Kier molecular flexibility index (Phi) is 3.11.